The van der Waals surface area contributed by atoms with Gasteiger partial charge in [0, 0.05) is 6.04 Å². The third kappa shape index (κ3) is 2.43. The number of carbonyl (C=O) groups is 1. The van der Waals surface area contributed by atoms with Crippen molar-refractivity contribution in [3.8, 4) is 0 Å². The van der Waals surface area contributed by atoms with Gasteiger partial charge in [0.2, 0.25) is 0 Å². The van der Waals surface area contributed by atoms with Crippen LogP contribution in [0.4, 0.5) is 5.82 Å². The van der Waals surface area contributed by atoms with E-state index in [4.69, 9.17) is 5.11 Å². The zero-order chi connectivity index (χ0) is 10.8. The van der Waals surface area contributed by atoms with Crippen LogP contribution in [0, 0.1) is 5.92 Å². The molecule has 1 heterocycles. The highest BCUT2D eigenvalue weighted by atomic mass is 16.4. The van der Waals surface area contributed by atoms with Gasteiger partial charge in [0.25, 0.3) is 0 Å². The highest BCUT2D eigenvalue weighted by Gasteiger charge is 2.27. The lowest BCUT2D eigenvalue weighted by atomic mass is 10.2. The molecule has 0 spiro atoms. The fourth-order valence-electron chi connectivity index (χ4n) is 1.47. The van der Waals surface area contributed by atoms with Crippen molar-refractivity contribution in [2.24, 2.45) is 5.92 Å². The molecule has 2 N–H and O–H groups in total. The van der Waals surface area contributed by atoms with E-state index in [1.807, 2.05) is 0 Å². The van der Waals surface area contributed by atoms with E-state index in [-0.39, 0.29) is 5.69 Å². The van der Waals surface area contributed by atoms with Gasteiger partial charge in [0.15, 0.2) is 5.69 Å². The van der Waals surface area contributed by atoms with E-state index >= 15 is 0 Å². The lowest BCUT2D eigenvalue weighted by Gasteiger charge is -2.12. The number of hydrogen-bond acceptors (Lipinski definition) is 4. The highest BCUT2D eigenvalue weighted by Crippen LogP contribution is 2.33. The van der Waals surface area contributed by atoms with Gasteiger partial charge in [-0.1, -0.05) is 0 Å². The maximum absolute atomic E-state index is 10.5. The second-order valence-corrected chi connectivity index (χ2v) is 3.88. The molecular weight excluding hydrogens is 194 g/mol. The zero-order valence-corrected chi connectivity index (χ0v) is 8.47. The fourth-order valence-corrected chi connectivity index (χ4v) is 1.47. The summed E-state index contributed by atoms with van der Waals surface area (Å²) in [6.07, 6.45) is 2.52. The summed E-state index contributed by atoms with van der Waals surface area (Å²) in [5.41, 5.74) is -0.0281. The average Bonchev–Trinajstić information content (AvgIpc) is 3.01. The number of carboxylic acids is 1. The molecule has 80 valence electrons. The van der Waals surface area contributed by atoms with Crippen LogP contribution in [0.5, 0.6) is 0 Å². The van der Waals surface area contributed by atoms with Crippen molar-refractivity contribution in [2.45, 2.75) is 25.8 Å². The predicted molar refractivity (Wildman–Crippen MR) is 54.8 cm³/mol. The summed E-state index contributed by atoms with van der Waals surface area (Å²) in [7, 11) is 0. The van der Waals surface area contributed by atoms with E-state index in [2.05, 4.69) is 22.4 Å². The Bertz CT molecular complexity index is 359. The molecule has 1 aliphatic carbocycles. The Balaban J connectivity index is 1.99. The Kier molecular flexibility index (Phi) is 2.53. The summed E-state index contributed by atoms with van der Waals surface area (Å²) in [5.74, 6) is 0.314. The monoisotopic (exact) mass is 207 g/mol. The molecule has 15 heavy (non-hydrogen) atoms. The van der Waals surface area contributed by atoms with Crippen LogP contribution < -0.4 is 5.32 Å². The molecular formula is C10H13N3O2. The number of rotatable bonds is 4. The van der Waals surface area contributed by atoms with Crippen LogP contribution in [0.2, 0.25) is 0 Å². The van der Waals surface area contributed by atoms with Crippen LogP contribution in [0.25, 0.3) is 0 Å². The van der Waals surface area contributed by atoms with Crippen LogP contribution in [0.3, 0.4) is 0 Å². The quantitative estimate of drug-likeness (QED) is 0.780. The number of anilines is 1. The van der Waals surface area contributed by atoms with Gasteiger partial charge in [0.05, 0.1) is 0 Å². The van der Waals surface area contributed by atoms with Crippen molar-refractivity contribution in [3.63, 3.8) is 0 Å². The summed E-state index contributed by atoms with van der Waals surface area (Å²) < 4.78 is 0. The molecule has 1 aromatic heterocycles. The summed E-state index contributed by atoms with van der Waals surface area (Å²) in [4.78, 5) is 10.5. The normalized spacial score (nSPS) is 17.1. The highest BCUT2D eigenvalue weighted by molar-refractivity contribution is 5.85. The van der Waals surface area contributed by atoms with E-state index < -0.39 is 5.97 Å². The number of nitrogens with zero attached hydrogens (tertiary/aromatic N) is 2. The van der Waals surface area contributed by atoms with E-state index in [9.17, 15) is 4.79 Å². The second-order valence-electron chi connectivity index (χ2n) is 3.88. The van der Waals surface area contributed by atoms with Crippen LogP contribution in [0.1, 0.15) is 30.3 Å². The Hall–Kier alpha value is -1.65. The molecule has 1 fully saturated rings. The molecule has 2 rings (SSSR count). The van der Waals surface area contributed by atoms with Gasteiger partial charge in [-0.25, -0.2) is 4.79 Å². The molecule has 1 atom stereocenters. The van der Waals surface area contributed by atoms with Crippen molar-refractivity contribution in [2.75, 3.05) is 5.32 Å². The molecule has 5 nitrogen and oxygen atoms in total. The van der Waals surface area contributed by atoms with Crippen molar-refractivity contribution >= 4 is 11.8 Å². The molecule has 0 amide bonds. The molecule has 1 unspecified atom stereocenters. The van der Waals surface area contributed by atoms with Gasteiger partial charge in [-0.05, 0) is 37.8 Å². The number of nitrogens with one attached hydrogen (secondary N) is 1. The van der Waals surface area contributed by atoms with Gasteiger partial charge in [-0.3, -0.25) is 0 Å². The molecule has 1 saturated carbocycles. The molecule has 1 aliphatic rings. The SMILES string of the molecule is CC(Nc1ccc(C(=O)O)nn1)C1CC1. The molecule has 0 saturated heterocycles. The Labute approximate surface area is 87.5 Å². The molecule has 1 aromatic rings. The van der Waals surface area contributed by atoms with Crippen LogP contribution in [-0.4, -0.2) is 27.3 Å². The number of aromatic nitrogens is 2. The molecule has 0 radical (unpaired) electrons. The number of aromatic carboxylic acids is 1. The van der Waals surface area contributed by atoms with E-state index in [1.54, 1.807) is 6.07 Å². The third-order valence-corrected chi connectivity index (χ3v) is 2.59. The van der Waals surface area contributed by atoms with Gasteiger partial charge < -0.3 is 10.4 Å². The summed E-state index contributed by atoms with van der Waals surface area (Å²) in [6.45, 7) is 2.10. The Morgan fingerprint density at radius 1 is 1.53 bits per heavy atom. The minimum atomic E-state index is -1.05. The standard InChI is InChI=1S/C10H13N3O2/c1-6(7-2-3-7)11-9-5-4-8(10(14)15)12-13-9/h4-7H,2-3H2,1H3,(H,11,13)(H,14,15). The summed E-state index contributed by atoms with van der Waals surface area (Å²) in [5, 5.41) is 19.2. The lowest BCUT2D eigenvalue weighted by molar-refractivity contribution is 0.0689. The van der Waals surface area contributed by atoms with Crippen molar-refractivity contribution in [1.29, 1.82) is 0 Å². The van der Waals surface area contributed by atoms with E-state index in [1.165, 1.54) is 18.9 Å². The minimum absolute atomic E-state index is 0.0281. The number of hydrogen-bond donors (Lipinski definition) is 2. The van der Waals surface area contributed by atoms with Crippen molar-refractivity contribution in [3.05, 3.63) is 17.8 Å². The topological polar surface area (TPSA) is 75.1 Å². The first kappa shape index (κ1) is 9.89. The largest absolute Gasteiger partial charge is 0.476 e. The van der Waals surface area contributed by atoms with Gasteiger partial charge >= 0.3 is 5.97 Å². The first-order chi connectivity index (χ1) is 7.16. The predicted octanol–water partition coefficient (Wildman–Crippen LogP) is 1.39. The molecule has 0 bridgehead atoms. The van der Waals surface area contributed by atoms with Crippen LogP contribution >= 0.6 is 0 Å². The van der Waals surface area contributed by atoms with Gasteiger partial charge in [-0.2, -0.15) is 0 Å². The van der Waals surface area contributed by atoms with E-state index in [0.717, 1.165) is 5.92 Å². The van der Waals surface area contributed by atoms with E-state index in [0.29, 0.717) is 11.9 Å². The average molecular weight is 207 g/mol. The van der Waals surface area contributed by atoms with Gasteiger partial charge in [-0.15, -0.1) is 10.2 Å². The lowest BCUT2D eigenvalue weighted by Crippen LogP contribution is -2.18. The number of carboxylic acid groups (broad SMARTS) is 1. The zero-order valence-electron chi connectivity index (χ0n) is 8.47. The van der Waals surface area contributed by atoms with Crippen molar-refractivity contribution in [1.82, 2.24) is 10.2 Å². The first-order valence-electron chi connectivity index (χ1n) is 5.00. The summed E-state index contributed by atoms with van der Waals surface area (Å²) in [6, 6.07) is 3.49. The summed E-state index contributed by atoms with van der Waals surface area (Å²) >= 11 is 0. The maximum Gasteiger partial charge on any atom is 0.356 e. The fraction of sp³-hybridized carbons (Fsp3) is 0.500. The second kappa shape index (κ2) is 3.84. The Morgan fingerprint density at radius 2 is 2.27 bits per heavy atom. The smallest absolute Gasteiger partial charge is 0.356 e. The molecule has 0 aliphatic heterocycles. The van der Waals surface area contributed by atoms with Gasteiger partial charge in [0.1, 0.15) is 5.82 Å². The van der Waals surface area contributed by atoms with Crippen LogP contribution in [0.15, 0.2) is 12.1 Å². The minimum Gasteiger partial charge on any atom is -0.476 e. The van der Waals surface area contributed by atoms with Crippen molar-refractivity contribution < 1.29 is 9.90 Å². The maximum atomic E-state index is 10.5. The molecule has 0 aromatic carbocycles. The first-order valence-corrected chi connectivity index (χ1v) is 5.00. The molecule has 5 heteroatoms. The Morgan fingerprint density at radius 3 is 2.73 bits per heavy atom. The third-order valence-electron chi connectivity index (χ3n) is 2.59. The van der Waals surface area contributed by atoms with Crippen LogP contribution in [-0.2, 0) is 0 Å².